The molecule has 0 spiro atoms. The molecule has 14 heavy (non-hydrogen) atoms. The zero-order valence-electron chi connectivity index (χ0n) is 9.12. The Morgan fingerprint density at radius 2 is 1.93 bits per heavy atom. The van der Waals surface area contributed by atoms with Crippen molar-refractivity contribution >= 4 is 0 Å². The molecule has 2 atom stereocenters. The Kier molecular flexibility index (Phi) is 2.53. The molecule has 2 nitrogen and oxygen atoms in total. The van der Waals surface area contributed by atoms with Crippen LogP contribution < -0.4 is 0 Å². The summed E-state index contributed by atoms with van der Waals surface area (Å²) < 4.78 is 11.0. The summed E-state index contributed by atoms with van der Waals surface area (Å²) in [7, 11) is 0. The van der Waals surface area contributed by atoms with Gasteiger partial charge >= 0.3 is 0 Å². The maximum atomic E-state index is 5.57. The molecular weight excluding hydrogens is 176 g/mol. The van der Waals surface area contributed by atoms with Crippen LogP contribution in [0.2, 0.25) is 0 Å². The number of allylic oxidation sites excluding steroid dienone is 3. The molecule has 0 radical (unpaired) electrons. The van der Waals surface area contributed by atoms with Crippen molar-refractivity contribution in [3.8, 4) is 0 Å². The normalized spacial score (nSPS) is 36.9. The van der Waals surface area contributed by atoms with Gasteiger partial charge in [-0.1, -0.05) is 19.9 Å². The Balaban J connectivity index is 2.19. The van der Waals surface area contributed by atoms with E-state index in [0.717, 1.165) is 23.4 Å². The van der Waals surface area contributed by atoms with Crippen LogP contribution in [0.5, 0.6) is 0 Å². The highest BCUT2D eigenvalue weighted by molar-refractivity contribution is 5.22. The van der Waals surface area contributed by atoms with Gasteiger partial charge in [0, 0.05) is 5.92 Å². The molecule has 1 aliphatic heterocycles. The highest BCUT2D eigenvalue weighted by Crippen LogP contribution is 2.47. The highest BCUT2D eigenvalue weighted by atomic mass is 16.7. The minimum Gasteiger partial charge on any atom is -0.458 e. The van der Waals surface area contributed by atoms with Gasteiger partial charge in [0.15, 0.2) is 5.76 Å². The number of rotatable bonds is 2. The lowest BCUT2D eigenvalue weighted by Gasteiger charge is -2.40. The molecule has 0 saturated heterocycles. The summed E-state index contributed by atoms with van der Waals surface area (Å²) in [5, 5.41) is 0. The maximum Gasteiger partial charge on any atom is 0.230 e. The standard InChI is InChI=1S/C12H18O2/c1-4-5-10-12(14-7-13-10)11-8(2)6-9(11)3/h4-5,8-9,11H,6-7H2,1-3H3/b5-4-. The predicted molar refractivity (Wildman–Crippen MR) is 55.3 cm³/mol. The summed E-state index contributed by atoms with van der Waals surface area (Å²) in [6.07, 6.45) is 5.30. The lowest BCUT2D eigenvalue weighted by Crippen LogP contribution is -2.34. The second kappa shape index (κ2) is 3.68. The van der Waals surface area contributed by atoms with E-state index < -0.39 is 0 Å². The Morgan fingerprint density at radius 1 is 1.21 bits per heavy atom. The maximum absolute atomic E-state index is 5.57. The SMILES string of the molecule is C/C=C\C1=C(C2C(C)CC2C)OCO1. The topological polar surface area (TPSA) is 18.5 Å². The molecule has 2 heteroatoms. The largest absolute Gasteiger partial charge is 0.458 e. The first kappa shape index (κ1) is 9.63. The molecule has 0 N–H and O–H groups in total. The van der Waals surface area contributed by atoms with Crippen LogP contribution in [0.25, 0.3) is 0 Å². The van der Waals surface area contributed by atoms with Gasteiger partial charge in [0.25, 0.3) is 0 Å². The molecule has 1 heterocycles. The molecule has 0 aromatic heterocycles. The first-order valence-corrected chi connectivity index (χ1v) is 5.36. The summed E-state index contributed by atoms with van der Waals surface area (Å²) in [5.41, 5.74) is 0. The van der Waals surface area contributed by atoms with Crippen molar-refractivity contribution in [1.29, 1.82) is 0 Å². The van der Waals surface area contributed by atoms with Gasteiger partial charge < -0.3 is 9.47 Å². The average Bonchev–Trinajstić information content (AvgIpc) is 2.54. The zero-order valence-corrected chi connectivity index (χ0v) is 9.12. The molecule has 78 valence electrons. The summed E-state index contributed by atoms with van der Waals surface area (Å²) in [4.78, 5) is 0. The van der Waals surface area contributed by atoms with Crippen molar-refractivity contribution in [2.45, 2.75) is 27.2 Å². The fourth-order valence-corrected chi connectivity index (χ4v) is 2.60. The fraction of sp³-hybridized carbons (Fsp3) is 0.667. The van der Waals surface area contributed by atoms with Crippen molar-refractivity contribution in [3.63, 3.8) is 0 Å². The van der Waals surface area contributed by atoms with Crippen LogP contribution in [-0.2, 0) is 9.47 Å². The molecule has 0 amide bonds. The van der Waals surface area contributed by atoms with Gasteiger partial charge in [-0.15, -0.1) is 0 Å². The minimum atomic E-state index is 0.394. The van der Waals surface area contributed by atoms with E-state index >= 15 is 0 Å². The van der Waals surface area contributed by atoms with E-state index in [0.29, 0.717) is 12.7 Å². The minimum absolute atomic E-state index is 0.394. The van der Waals surface area contributed by atoms with Crippen LogP contribution in [0.15, 0.2) is 23.7 Å². The van der Waals surface area contributed by atoms with Gasteiger partial charge in [-0.2, -0.15) is 0 Å². The van der Waals surface area contributed by atoms with E-state index in [9.17, 15) is 0 Å². The van der Waals surface area contributed by atoms with E-state index in [1.165, 1.54) is 6.42 Å². The smallest absolute Gasteiger partial charge is 0.230 e. The molecule has 1 aliphatic carbocycles. The molecule has 1 saturated carbocycles. The number of hydrogen-bond donors (Lipinski definition) is 0. The Labute approximate surface area is 85.6 Å². The Bertz CT molecular complexity index is 270. The summed E-state index contributed by atoms with van der Waals surface area (Å²) in [6, 6.07) is 0. The van der Waals surface area contributed by atoms with Gasteiger partial charge in [0.1, 0.15) is 5.76 Å². The molecule has 0 aromatic carbocycles. The summed E-state index contributed by atoms with van der Waals surface area (Å²) in [5.74, 6) is 4.07. The highest BCUT2D eigenvalue weighted by Gasteiger charge is 2.41. The third kappa shape index (κ3) is 1.43. The van der Waals surface area contributed by atoms with E-state index in [2.05, 4.69) is 13.8 Å². The van der Waals surface area contributed by atoms with E-state index in [1.807, 2.05) is 19.1 Å². The lowest BCUT2D eigenvalue weighted by molar-refractivity contribution is 0.0277. The van der Waals surface area contributed by atoms with Gasteiger partial charge in [0.2, 0.25) is 6.79 Å². The zero-order chi connectivity index (χ0) is 10.1. The van der Waals surface area contributed by atoms with E-state index in [4.69, 9.17) is 9.47 Å². The van der Waals surface area contributed by atoms with Crippen molar-refractivity contribution in [3.05, 3.63) is 23.7 Å². The van der Waals surface area contributed by atoms with Gasteiger partial charge in [-0.05, 0) is 31.3 Å². The van der Waals surface area contributed by atoms with Crippen LogP contribution in [0, 0.1) is 17.8 Å². The summed E-state index contributed by atoms with van der Waals surface area (Å²) >= 11 is 0. The molecule has 2 aliphatic rings. The first-order chi connectivity index (χ1) is 6.74. The van der Waals surface area contributed by atoms with Crippen LogP contribution in [0.1, 0.15) is 27.2 Å². The van der Waals surface area contributed by atoms with Crippen LogP contribution in [0.3, 0.4) is 0 Å². The van der Waals surface area contributed by atoms with Crippen LogP contribution in [0.4, 0.5) is 0 Å². The Hall–Kier alpha value is -0.920. The second-order valence-corrected chi connectivity index (χ2v) is 4.35. The number of hydrogen-bond acceptors (Lipinski definition) is 2. The van der Waals surface area contributed by atoms with Gasteiger partial charge in [-0.25, -0.2) is 0 Å². The quantitative estimate of drug-likeness (QED) is 0.672. The van der Waals surface area contributed by atoms with Crippen molar-refractivity contribution in [2.75, 3.05) is 6.79 Å². The first-order valence-electron chi connectivity index (χ1n) is 5.36. The third-order valence-electron chi connectivity index (χ3n) is 3.26. The average molecular weight is 194 g/mol. The van der Waals surface area contributed by atoms with E-state index in [1.54, 1.807) is 0 Å². The number of ether oxygens (including phenoxy) is 2. The van der Waals surface area contributed by atoms with Gasteiger partial charge in [0.05, 0.1) is 0 Å². The second-order valence-electron chi connectivity index (χ2n) is 4.35. The predicted octanol–water partition coefficient (Wildman–Crippen LogP) is 3.07. The molecule has 2 rings (SSSR count). The van der Waals surface area contributed by atoms with Crippen LogP contribution >= 0.6 is 0 Å². The molecule has 2 unspecified atom stereocenters. The molecular formula is C12H18O2. The van der Waals surface area contributed by atoms with Gasteiger partial charge in [-0.3, -0.25) is 0 Å². The Morgan fingerprint density at radius 3 is 2.50 bits per heavy atom. The summed E-state index contributed by atoms with van der Waals surface area (Å²) in [6.45, 7) is 6.96. The molecule has 0 bridgehead atoms. The van der Waals surface area contributed by atoms with Crippen molar-refractivity contribution in [1.82, 2.24) is 0 Å². The lowest BCUT2D eigenvalue weighted by atomic mass is 9.65. The van der Waals surface area contributed by atoms with Crippen molar-refractivity contribution in [2.24, 2.45) is 17.8 Å². The van der Waals surface area contributed by atoms with Crippen LogP contribution in [-0.4, -0.2) is 6.79 Å². The fourth-order valence-electron chi connectivity index (χ4n) is 2.60. The van der Waals surface area contributed by atoms with Crippen molar-refractivity contribution < 1.29 is 9.47 Å². The molecule has 0 aromatic rings. The third-order valence-corrected chi connectivity index (χ3v) is 3.26. The molecule has 1 fully saturated rings. The van der Waals surface area contributed by atoms with E-state index in [-0.39, 0.29) is 0 Å². The monoisotopic (exact) mass is 194 g/mol.